The van der Waals surface area contributed by atoms with E-state index in [2.05, 4.69) is 5.18 Å². The van der Waals surface area contributed by atoms with Crippen LogP contribution in [0.25, 0.3) is 0 Å². The van der Waals surface area contributed by atoms with Crippen molar-refractivity contribution < 1.29 is 14.5 Å². The first-order valence-corrected chi connectivity index (χ1v) is 5.47. The van der Waals surface area contributed by atoms with E-state index in [-0.39, 0.29) is 13.0 Å². The fourth-order valence-corrected chi connectivity index (χ4v) is 2.38. The molecule has 1 fully saturated rings. The van der Waals surface area contributed by atoms with Gasteiger partial charge in [-0.1, -0.05) is 0 Å². The number of hydrogen-bond donors (Lipinski definition) is 0. The van der Waals surface area contributed by atoms with Crippen molar-refractivity contribution in [2.45, 2.75) is 37.8 Å². The number of methoxy groups -OCH3 is 1. The summed E-state index contributed by atoms with van der Waals surface area (Å²) in [5.41, 5.74) is -1.71. The zero-order chi connectivity index (χ0) is 12.9. The summed E-state index contributed by atoms with van der Waals surface area (Å²) in [6.45, 7) is -0.246. The van der Waals surface area contributed by atoms with Gasteiger partial charge < -0.3 is 9.53 Å². The lowest BCUT2D eigenvalue weighted by Crippen LogP contribution is -2.42. The topological polar surface area (TPSA) is 98.9 Å². The molecule has 0 aromatic heterocycles. The van der Waals surface area contributed by atoms with Gasteiger partial charge in [0.05, 0.1) is 0 Å². The van der Waals surface area contributed by atoms with Crippen LogP contribution in [0.1, 0.15) is 32.1 Å². The second kappa shape index (κ2) is 5.31. The molecule has 0 atom stereocenters. The summed E-state index contributed by atoms with van der Waals surface area (Å²) in [5, 5.41) is 13.6. The van der Waals surface area contributed by atoms with Crippen LogP contribution < -0.4 is 0 Å². The van der Waals surface area contributed by atoms with Crippen molar-refractivity contribution in [1.82, 2.24) is 0 Å². The molecule has 0 aromatic rings. The van der Waals surface area contributed by atoms with E-state index < -0.39 is 16.1 Å². The smallest absolute Gasteiger partial charge is 0.209 e. The van der Waals surface area contributed by atoms with E-state index in [1.165, 1.54) is 7.11 Å². The van der Waals surface area contributed by atoms with Crippen molar-refractivity contribution in [3.63, 3.8) is 0 Å². The number of rotatable bonds is 6. The molecule has 0 saturated heterocycles. The highest BCUT2D eigenvalue weighted by molar-refractivity contribution is 5.50. The fourth-order valence-electron chi connectivity index (χ4n) is 2.38. The molecule has 7 heteroatoms. The van der Waals surface area contributed by atoms with Gasteiger partial charge in [0.25, 0.3) is 0 Å². The molecule has 1 rings (SSSR count). The van der Waals surface area contributed by atoms with Gasteiger partial charge >= 0.3 is 0 Å². The minimum atomic E-state index is -1.07. The number of carbonyl (C=O) groups excluding carboxylic acids is 1. The van der Waals surface area contributed by atoms with E-state index in [1.807, 2.05) is 0 Å². The van der Waals surface area contributed by atoms with Crippen molar-refractivity contribution in [3.05, 3.63) is 15.0 Å². The Bertz CT molecular complexity index is 310. The maximum absolute atomic E-state index is 10.7. The van der Waals surface area contributed by atoms with Crippen LogP contribution in [0.15, 0.2) is 5.18 Å². The molecule has 0 aromatic carbocycles. The van der Waals surface area contributed by atoms with E-state index in [1.54, 1.807) is 0 Å². The minimum absolute atomic E-state index is 0.145. The fraction of sp³-hybridized carbons (Fsp3) is 0.900. The van der Waals surface area contributed by atoms with Gasteiger partial charge in [-0.3, -0.25) is 10.1 Å². The van der Waals surface area contributed by atoms with Crippen LogP contribution in [0.4, 0.5) is 0 Å². The van der Waals surface area contributed by atoms with Gasteiger partial charge in [0.15, 0.2) is 5.72 Å². The SMILES string of the molecule is COC1(N=O)CCC(CC=O)(C[N+](=O)[O-])CC1. The lowest BCUT2D eigenvalue weighted by atomic mass is 9.69. The van der Waals surface area contributed by atoms with Crippen molar-refractivity contribution in [2.24, 2.45) is 10.6 Å². The average molecular weight is 244 g/mol. The molecular weight excluding hydrogens is 228 g/mol. The normalized spacial score (nSPS) is 33.0. The predicted molar refractivity (Wildman–Crippen MR) is 59.0 cm³/mol. The lowest BCUT2D eigenvalue weighted by Gasteiger charge is -2.39. The van der Waals surface area contributed by atoms with Crippen LogP contribution in [0, 0.1) is 20.4 Å². The Morgan fingerprint density at radius 1 is 1.41 bits per heavy atom. The standard InChI is InChI=1S/C10H16N2O5/c1-17-10(11-14)4-2-9(3-5-10,6-7-13)8-12(15)16/h7H,2-6,8H2,1H3. The highest BCUT2D eigenvalue weighted by Gasteiger charge is 2.46. The monoisotopic (exact) mass is 244 g/mol. The molecule has 0 amide bonds. The molecule has 0 heterocycles. The third-order valence-electron chi connectivity index (χ3n) is 3.62. The average Bonchev–Trinajstić information content (AvgIpc) is 2.30. The van der Waals surface area contributed by atoms with Crippen LogP contribution in [0.3, 0.4) is 0 Å². The van der Waals surface area contributed by atoms with Crippen molar-refractivity contribution in [2.75, 3.05) is 13.7 Å². The molecule has 0 N–H and O–H groups in total. The highest BCUT2D eigenvalue weighted by atomic mass is 16.6. The van der Waals surface area contributed by atoms with E-state index in [4.69, 9.17) is 4.74 Å². The lowest BCUT2D eigenvalue weighted by molar-refractivity contribution is -0.499. The van der Waals surface area contributed by atoms with Crippen LogP contribution in [0.5, 0.6) is 0 Å². The molecule has 0 unspecified atom stereocenters. The number of aldehydes is 1. The molecule has 0 aliphatic heterocycles. The van der Waals surface area contributed by atoms with E-state index >= 15 is 0 Å². The Morgan fingerprint density at radius 3 is 2.35 bits per heavy atom. The third-order valence-corrected chi connectivity index (χ3v) is 3.62. The van der Waals surface area contributed by atoms with Gasteiger partial charge in [-0.2, -0.15) is 0 Å². The number of nitroso groups, excluding NO2 is 1. The summed E-state index contributed by atoms with van der Waals surface area (Å²) in [7, 11) is 1.40. The molecule has 96 valence electrons. The molecular formula is C10H16N2O5. The van der Waals surface area contributed by atoms with Crippen LogP contribution in [-0.4, -0.2) is 30.6 Å². The minimum Gasteiger partial charge on any atom is -0.354 e. The van der Waals surface area contributed by atoms with Crippen LogP contribution in [-0.2, 0) is 9.53 Å². The Hall–Kier alpha value is -1.37. The summed E-state index contributed by atoms with van der Waals surface area (Å²) in [6, 6.07) is 0. The summed E-state index contributed by atoms with van der Waals surface area (Å²) in [4.78, 5) is 31.6. The molecule has 7 nitrogen and oxygen atoms in total. The largest absolute Gasteiger partial charge is 0.354 e. The molecule has 0 radical (unpaired) electrons. The number of carbonyl (C=O) groups is 1. The van der Waals surface area contributed by atoms with Crippen LogP contribution in [0.2, 0.25) is 0 Å². The van der Waals surface area contributed by atoms with Crippen molar-refractivity contribution in [3.8, 4) is 0 Å². The first-order chi connectivity index (χ1) is 8.01. The molecule has 1 saturated carbocycles. The van der Waals surface area contributed by atoms with Gasteiger partial charge in [-0.05, 0) is 18.0 Å². The number of nitrogens with zero attached hydrogens (tertiary/aromatic N) is 2. The van der Waals surface area contributed by atoms with Crippen molar-refractivity contribution in [1.29, 1.82) is 0 Å². The van der Waals surface area contributed by atoms with Crippen molar-refractivity contribution >= 4 is 6.29 Å². The Labute approximate surface area is 98.6 Å². The molecule has 0 bridgehead atoms. The summed E-state index contributed by atoms with van der Waals surface area (Å²) in [6.07, 6.45) is 2.33. The first kappa shape index (κ1) is 13.7. The summed E-state index contributed by atoms with van der Waals surface area (Å²) in [5.74, 6) is 0. The van der Waals surface area contributed by atoms with Gasteiger partial charge in [0.2, 0.25) is 6.54 Å². The second-order valence-electron chi connectivity index (χ2n) is 4.60. The molecule has 17 heavy (non-hydrogen) atoms. The zero-order valence-electron chi connectivity index (χ0n) is 9.76. The van der Waals surface area contributed by atoms with Gasteiger partial charge in [-0.15, -0.1) is 4.91 Å². The third kappa shape index (κ3) is 3.06. The molecule has 0 spiro atoms. The van der Waals surface area contributed by atoms with E-state index in [0.29, 0.717) is 32.0 Å². The van der Waals surface area contributed by atoms with Gasteiger partial charge in [0, 0.05) is 36.7 Å². The highest BCUT2D eigenvalue weighted by Crippen LogP contribution is 2.44. The molecule has 1 aliphatic carbocycles. The van der Waals surface area contributed by atoms with E-state index in [0.717, 1.165) is 0 Å². The second-order valence-corrected chi connectivity index (χ2v) is 4.60. The number of nitro groups is 1. The van der Waals surface area contributed by atoms with E-state index in [9.17, 15) is 19.8 Å². The van der Waals surface area contributed by atoms with Crippen LogP contribution >= 0.6 is 0 Å². The number of hydrogen-bond acceptors (Lipinski definition) is 6. The quantitative estimate of drug-likeness (QED) is 0.305. The zero-order valence-corrected chi connectivity index (χ0v) is 9.76. The maximum Gasteiger partial charge on any atom is 0.209 e. The van der Waals surface area contributed by atoms with Gasteiger partial charge in [0.1, 0.15) is 6.29 Å². The predicted octanol–water partition coefficient (Wildman–Crippen LogP) is 1.52. The first-order valence-electron chi connectivity index (χ1n) is 5.47. The summed E-state index contributed by atoms with van der Waals surface area (Å²) < 4.78 is 5.07. The summed E-state index contributed by atoms with van der Waals surface area (Å²) >= 11 is 0. The number of ether oxygens (including phenoxy) is 1. The molecule has 1 aliphatic rings. The maximum atomic E-state index is 10.7. The Morgan fingerprint density at radius 2 is 2.00 bits per heavy atom. The van der Waals surface area contributed by atoms with Gasteiger partial charge in [-0.25, -0.2) is 0 Å². The Balaban J connectivity index is 2.76. The Kier molecular flexibility index (Phi) is 4.28.